The van der Waals surface area contributed by atoms with E-state index >= 15 is 0 Å². The summed E-state index contributed by atoms with van der Waals surface area (Å²) in [5, 5.41) is 24.2. The van der Waals surface area contributed by atoms with Gasteiger partial charge in [0, 0.05) is 30.8 Å². The minimum absolute atomic E-state index is 0.0292. The van der Waals surface area contributed by atoms with E-state index in [1.54, 1.807) is 13.0 Å². The molecule has 0 amide bonds. The molecule has 1 aromatic rings. The molecular weight excluding hydrogens is 272 g/mol. The van der Waals surface area contributed by atoms with Crippen LogP contribution in [0.4, 0.5) is 5.69 Å². The Hall–Kier alpha value is -1.66. The number of non-ortho nitro benzene ring substituents is 1. The van der Waals surface area contributed by atoms with E-state index in [2.05, 4.69) is 19.2 Å². The zero-order valence-electron chi connectivity index (χ0n) is 13.0. The van der Waals surface area contributed by atoms with Gasteiger partial charge < -0.3 is 15.2 Å². The predicted molar refractivity (Wildman–Crippen MR) is 81.4 cm³/mol. The lowest BCUT2D eigenvalue weighted by Crippen LogP contribution is -2.38. The maximum atomic E-state index is 10.8. The monoisotopic (exact) mass is 296 g/mol. The smallest absolute Gasteiger partial charge is 0.270 e. The molecule has 1 aromatic carbocycles. The Morgan fingerprint density at radius 1 is 1.48 bits per heavy atom. The fourth-order valence-corrected chi connectivity index (χ4v) is 2.43. The predicted octanol–water partition coefficient (Wildman–Crippen LogP) is 2.49. The van der Waals surface area contributed by atoms with Crippen LogP contribution in [-0.2, 0) is 6.54 Å². The molecular formula is C15H24N2O4. The number of nitro groups is 1. The average Bonchev–Trinajstić information content (AvgIpc) is 2.36. The standard InChI is InChI=1S/C15H24N2O4/c1-11(2)8-15(3,18)10-16-9-12-7-13(17(19)20)5-6-14(12)21-4/h5-7,11,16,18H,8-10H2,1-4H3. The highest BCUT2D eigenvalue weighted by molar-refractivity contribution is 5.43. The van der Waals surface area contributed by atoms with E-state index in [1.807, 2.05) is 0 Å². The molecule has 6 nitrogen and oxygen atoms in total. The molecule has 0 radical (unpaired) electrons. The molecule has 6 heteroatoms. The third-order valence-corrected chi connectivity index (χ3v) is 3.14. The van der Waals surface area contributed by atoms with Crippen LogP contribution in [0.15, 0.2) is 18.2 Å². The van der Waals surface area contributed by atoms with Crippen LogP contribution in [0, 0.1) is 16.0 Å². The van der Waals surface area contributed by atoms with Crippen molar-refractivity contribution in [2.45, 2.75) is 39.3 Å². The number of ether oxygens (including phenoxy) is 1. The zero-order valence-corrected chi connectivity index (χ0v) is 13.0. The van der Waals surface area contributed by atoms with Crippen molar-refractivity contribution in [2.75, 3.05) is 13.7 Å². The van der Waals surface area contributed by atoms with E-state index in [4.69, 9.17) is 4.74 Å². The van der Waals surface area contributed by atoms with Gasteiger partial charge in [0.1, 0.15) is 5.75 Å². The molecule has 0 heterocycles. The molecule has 0 aliphatic carbocycles. The van der Waals surface area contributed by atoms with E-state index in [1.165, 1.54) is 19.2 Å². The third kappa shape index (κ3) is 5.69. The van der Waals surface area contributed by atoms with Gasteiger partial charge >= 0.3 is 0 Å². The minimum Gasteiger partial charge on any atom is -0.496 e. The summed E-state index contributed by atoms with van der Waals surface area (Å²) in [6, 6.07) is 4.49. The van der Waals surface area contributed by atoms with Crippen molar-refractivity contribution < 1.29 is 14.8 Å². The number of benzene rings is 1. The van der Waals surface area contributed by atoms with Gasteiger partial charge in [0.15, 0.2) is 0 Å². The molecule has 1 atom stereocenters. The second kappa shape index (κ2) is 7.38. The second-order valence-corrected chi connectivity index (χ2v) is 5.95. The molecule has 0 spiro atoms. The van der Waals surface area contributed by atoms with Crippen LogP contribution in [0.1, 0.15) is 32.8 Å². The highest BCUT2D eigenvalue weighted by Crippen LogP contribution is 2.24. The van der Waals surface area contributed by atoms with E-state index in [0.29, 0.717) is 36.7 Å². The molecule has 2 N–H and O–H groups in total. The number of hydrogen-bond acceptors (Lipinski definition) is 5. The summed E-state index contributed by atoms with van der Waals surface area (Å²) in [6.45, 7) is 6.71. The molecule has 118 valence electrons. The molecule has 0 aromatic heterocycles. The molecule has 0 fully saturated rings. The third-order valence-electron chi connectivity index (χ3n) is 3.14. The van der Waals surface area contributed by atoms with Crippen LogP contribution in [0.2, 0.25) is 0 Å². The van der Waals surface area contributed by atoms with Gasteiger partial charge in [-0.2, -0.15) is 0 Å². The average molecular weight is 296 g/mol. The first-order chi connectivity index (χ1) is 9.75. The maximum absolute atomic E-state index is 10.8. The van der Waals surface area contributed by atoms with Crippen LogP contribution in [0.25, 0.3) is 0 Å². The Bertz CT molecular complexity index is 487. The largest absolute Gasteiger partial charge is 0.496 e. The summed E-state index contributed by atoms with van der Waals surface area (Å²) >= 11 is 0. The quantitative estimate of drug-likeness (QED) is 0.568. The van der Waals surface area contributed by atoms with Gasteiger partial charge in [-0.1, -0.05) is 13.8 Å². The van der Waals surface area contributed by atoms with Gasteiger partial charge in [0.05, 0.1) is 17.6 Å². The summed E-state index contributed by atoms with van der Waals surface area (Å²) in [6.07, 6.45) is 0.687. The first kappa shape index (κ1) is 17.4. The van der Waals surface area contributed by atoms with Crippen LogP contribution in [-0.4, -0.2) is 29.3 Å². The zero-order chi connectivity index (χ0) is 16.0. The number of nitrogens with one attached hydrogen (secondary N) is 1. The van der Waals surface area contributed by atoms with Crippen molar-refractivity contribution in [2.24, 2.45) is 5.92 Å². The van der Waals surface area contributed by atoms with Gasteiger partial charge in [-0.3, -0.25) is 10.1 Å². The van der Waals surface area contributed by atoms with Crippen molar-refractivity contribution in [1.29, 1.82) is 0 Å². The van der Waals surface area contributed by atoms with Crippen molar-refractivity contribution in [3.05, 3.63) is 33.9 Å². The number of nitro benzene ring substituents is 1. The normalized spacial score (nSPS) is 14.0. The number of methoxy groups -OCH3 is 1. The first-order valence-electron chi connectivity index (χ1n) is 6.99. The van der Waals surface area contributed by atoms with E-state index < -0.39 is 10.5 Å². The lowest BCUT2D eigenvalue weighted by atomic mass is 9.94. The van der Waals surface area contributed by atoms with E-state index in [0.717, 1.165) is 0 Å². The topological polar surface area (TPSA) is 84.6 Å². The van der Waals surface area contributed by atoms with Crippen LogP contribution in [0.5, 0.6) is 5.75 Å². The van der Waals surface area contributed by atoms with Gasteiger partial charge in [-0.05, 0) is 25.3 Å². The van der Waals surface area contributed by atoms with E-state index in [9.17, 15) is 15.2 Å². The number of hydrogen-bond donors (Lipinski definition) is 2. The Morgan fingerprint density at radius 3 is 2.67 bits per heavy atom. The highest BCUT2D eigenvalue weighted by Gasteiger charge is 2.21. The molecule has 0 saturated carbocycles. The molecule has 0 bridgehead atoms. The van der Waals surface area contributed by atoms with Gasteiger partial charge in [0.2, 0.25) is 0 Å². The first-order valence-corrected chi connectivity index (χ1v) is 6.99. The molecule has 21 heavy (non-hydrogen) atoms. The SMILES string of the molecule is COc1ccc([N+](=O)[O-])cc1CNCC(C)(O)CC(C)C. The van der Waals surface area contributed by atoms with Crippen molar-refractivity contribution in [3.63, 3.8) is 0 Å². The summed E-state index contributed by atoms with van der Waals surface area (Å²) in [5.74, 6) is 0.991. The fraction of sp³-hybridized carbons (Fsp3) is 0.600. The van der Waals surface area contributed by atoms with Crippen molar-refractivity contribution in [3.8, 4) is 5.75 Å². The Morgan fingerprint density at radius 2 is 2.14 bits per heavy atom. The van der Waals surface area contributed by atoms with Crippen molar-refractivity contribution in [1.82, 2.24) is 5.32 Å². The molecule has 1 unspecified atom stereocenters. The minimum atomic E-state index is -0.803. The highest BCUT2D eigenvalue weighted by atomic mass is 16.6. The summed E-state index contributed by atoms with van der Waals surface area (Å²) in [4.78, 5) is 10.4. The van der Waals surface area contributed by atoms with E-state index in [-0.39, 0.29) is 5.69 Å². The molecule has 0 aliphatic heterocycles. The maximum Gasteiger partial charge on any atom is 0.270 e. The summed E-state index contributed by atoms with van der Waals surface area (Å²) in [7, 11) is 1.53. The van der Waals surface area contributed by atoms with Crippen LogP contribution < -0.4 is 10.1 Å². The Labute approximate surface area is 125 Å². The lowest BCUT2D eigenvalue weighted by molar-refractivity contribution is -0.384. The Balaban J connectivity index is 2.70. The summed E-state index contributed by atoms with van der Waals surface area (Å²) < 4.78 is 5.20. The number of nitrogens with zero attached hydrogens (tertiary/aromatic N) is 1. The molecule has 1 rings (SSSR count). The van der Waals surface area contributed by atoms with Gasteiger partial charge in [-0.25, -0.2) is 0 Å². The Kier molecular flexibility index (Phi) is 6.11. The van der Waals surface area contributed by atoms with Crippen LogP contribution in [0.3, 0.4) is 0 Å². The number of rotatable bonds is 8. The summed E-state index contributed by atoms with van der Waals surface area (Å²) in [5.41, 5.74) is -0.0733. The van der Waals surface area contributed by atoms with Gasteiger partial charge in [0.25, 0.3) is 5.69 Å². The second-order valence-electron chi connectivity index (χ2n) is 5.95. The number of aliphatic hydroxyl groups is 1. The van der Waals surface area contributed by atoms with Crippen LogP contribution >= 0.6 is 0 Å². The van der Waals surface area contributed by atoms with Crippen molar-refractivity contribution >= 4 is 5.69 Å². The molecule has 0 aliphatic rings. The fourth-order valence-electron chi connectivity index (χ4n) is 2.43. The van der Waals surface area contributed by atoms with Gasteiger partial charge in [-0.15, -0.1) is 0 Å². The molecule has 0 saturated heterocycles. The lowest BCUT2D eigenvalue weighted by Gasteiger charge is -2.25.